The molecule has 1 saturated heterocycles. The third-order valence-corrected chi connectivity index (χ3v) is 4.00. The third kappa shape index (κ3) is 3.60. The second-order valence-electron chi connectivity index (χ2n) is 5.66. The van der Waals surface area contributed by atoms with Gasteiger partial charge < -0.3 is 9.32 Å². The molecule has 1 aliphatic rings. The molecular formula is C15H25NO. The molecule has 17 heavy (non-hydrogen) atoms. The van der Waals surface area contributed by atoms with Crippen LogP contribution in [0.1, 0.15) is 50.5 Å². The van der Waals surface area contributed by atoms with Crippen molar-refractivity contribution in [2.24, 2.45) is 5.92 Å². The van der Waals surface area contributed by atoms with E-state index in [-0.39, 0.29) is 0 Å². The van der Waals surface area contributed by atoms with Gasteiger partial charge in [0.1, 0.15) is 11.5 Å². The lowest BCUT2D eigenvalue weighted by atomic mass is 9.98. The Labute approximate surface area is 105 Å². The summed E-state index contributed by atoms with van der Waals surface area (Å²) in [5.41, 5.74) is 0. The first-order valence-electron chi connectivity index (χ1n) is 6.94. The van der Waals surface area contributed by atoms with E-state index < -0.39 is 0 Å². The standard InChI is InChI=1S/C15H25NO/c1-12-6-9-16(10-7-12)11-8-13(2)15-5-4-14(3)17-15/h4-5,12-13H,6-11H2,1-3H3/t13-/m1/s1. The number of furan rings is 1. The molecule has 96 valence electrons. The van der Waals surface area contributed by atoms with Gasteiger partial charge in [-0.05, 0) is 63.9 Å². The summed E-state index contributed by atoms with van der Waals surface area (Å²) >= 11 is 0. The maximum Gasteiger partial charge on any atom is 0.107 e. The second-order valence-corrected chi connectivity index (χ2v) is 5.66. The summed E-state index contributed by atoms with van der Waals surface area (Å²) in [5.74, 6) is 3.64. The smallest absolute Gasteiger partial charge is 0.107 e. The fourth-order valence-electron chi connectivity index (χ4n) is 2.52. The highest BCUT2D eigenvalue weighted by atomic mass is 16.3. The zero-order valence-electron chi connectivity index (χ0n) is 11.4. The predicted molar refractivity (Wildman–Crippen MR) is 71.3 cm³/mol. The molecule has 1 atom stereocenters. The molecule has 1 aromatic heterocycles. The van der Waals surface area contributed by atoms with Crippen LogP contribution >= 0.6 is 0 Å². The molecule has 0 aliphatic carbocycles. The lowest BCUT2D eigenvalue weighted by Gasteiger charge is -2.30. The van der Waals surface area contributed by atoms with Crippen LogP contribution in [0, 0.1) is 12.8 Å². The molecule has 1 fully saturated rings. The Bertz CT molecular complexity index is 336. The number of hydrogen-bond donors (Lipinski definition) is 0. The first-order chi connectivity index (χ1) is 8.15. The summed E-state index contributed by atoms with van der Waals surface area (Å²) in [6, 6.07) is 4.19. The average molecular weight is 235 g/mol. The average Bonchev–Trinajstić information content (AvgIpc) is 2.75. The van der Waals surface area contributed by atoms with E-state index in [0.717, 1.165) is 17.4 Å². The summed E-state index contributed by atoms with van der Waals surface area (Å²) in [7, 11) is 0. The largest absolute Gasteiger partial charge is 0.466 e. The van der Waals surface area contributed by atoms with E-state index in [2.05, 4.69) is 30.9 Å². The van der Waals surface area contributed by atoms with Crippen molar-refractivity contribution >= 4 is 0 Å². The first-order valence-corrected chi connectivity index (χ1v) is 6.94. The summed E-state index contributed by atoms with van der Waals surface area (Å²) in [4.78, 5) is 2.60. The molecule has 2 rings (SSSR count). The molecular weight excluding hydrogens is 210 g/mol. The number of piperidine rings is 1. The maximum atomic E-state index is 5.68. The molecule has 2 heterocycles. The zero-order chi connectivity index (χ0) is 12.3. The number of aryl methyl sites for hydroxylation is 1. The lowest BCUT2D eigenvalue weighted by Crippen LogP contribution is -2.34. The van der Waals surface area contributed by atoms with E-state index in [0.29, 0.717) is 5.92 Å². The Balaban J connectivity index is 1.74. The third-order valence-electron chi connectivity index (χ3n) is 4.00. The molecule has 0 amide bonds. The highest BCUT2D eigenvalue weighted by Gasteiger charge is 2.17. The molecule has 1 aromatic rings. The first kappa shape index (κ1) is 12.7. The van der Waals surface area contributed by atoms with Crippen LogP contribution in [0.25, 0.3) is 0 Å². The summed E-state index contributed by atoms with van der Waals surface area (Å²) in [6.45, 7) is 10.4. The molecule has 1 aliphatic heterocycles. The Morgan fingerprint density at radius 2 is 2.06 bits per heavy atom. The van der Waals surface area contributed by atoms with Gasteiger partial charge in [-0.3, -0.25) is 0 Å². The van der Waals surface area contributed by atoms with Crippen LogP contribution in [0.2, 0.25) is 0 Å². The van der Waals surface area contributed by atoms with Gasteiger partial charge in [0.05, 0.1) is 0 Å². The quantitative estimate of drug-likeness (QED) is 0.789. The monoisotopic (exact) mass is 235 g/mol. The highest BCUT2D eigenvalue weighted by Crippen LogP contribution is 2.23. The van der Waals surface area contributed by atoms with E-state index in [1.54, 1.807) is 0 Å². The molecule has 0 radical (unpaired) electrons. The summed E-state index contributed by atoms with van der Waals surface area (Å²) < 4.78 is 5.68. The van der Waals surface area contributed by atoms with Crippen molar-refractivity contribution in [3.8, 4) is 0 Å². The number of nitrogens with zero attached hydrogens (tertiary/aromatic N) is 1. The Kier molecular flexibility index (Phi) is 4.27. The van der Waals surface area contributed by atoms with Gasteiger partial charge in [0.15, 0.2) is 0 Å². The normalized spacial score (nSPS) is 20.6. The Hall–Kier alpha value is -0.760. The van der Waals surface area contributed by atoms with Gasteiger partial charge >= 0.3 is 0 Å². The van der Waals surface area contributed by atoms with Gasteiger partial charge in [0.25, 0.3) is 0 Å². The fraction of sp³-hybridized carbons (Fsp3) is 0.733. The molecule has 0 aromatic carbocycles. The van der Waals surface area contributed by atoms with Gasteiger partial charge in [-0.25, -0.2) is 0 Å². The van der Waals surface area contributed by atoms with Crippen LogP contribution in [-0.4, -0.2) is 24.5 Å². The minimum atomic E-state index is 0.544. The van der Waals surface area contributed by atoms with Gasteiger partial charge in [-0.2, -0.15) is 0 Å². The van der Waals surface area contributed by atoms with Crippen LogP contribution in [0.5, 0.6) is 0 Å². The Morgan fingerprint density at radius 1 is 1.35 bits per heavy atom. The highest BCUT2D eigenvalue weighted by molar-refractivity contribution is 5.09. The van der Waals surface area contributed by atoms with E-state index in [1.807, 2.05) is 6.92 Å². The summed E-state index contributed by atoms with van der Waals surface area (Å²) in [6.07, 6.45) is 3.95. The van der Waals surface area contributed by atoms with Gasteiger partial charge in [-0.1, -0.05) is 13.8 Å². The van der Waals surface area contributed by atoms with Crippen molar-refractivity contribution in [3.63, 3.8) is 0 Å². The predicted octanol–water partition coefficient (Wildman–Crippen LogP) is 3.81. The van der Waals surface area contributed by atoms with Crippen LogP contribution in [-0.2, 0) is 0 Å². The number of rotatable bonds is 4. The van der Waals surface area contributed by atoms with Gasteiger partial charge in [0, 0.05) is 5.92 Å². The number of likely N-dealkylation sites (tertiary alicyclic amines) is 1. The molecule has 0 spiro atoms. The zero-order valence-corrected chi connectivity index (χ0v) is 11.4. The lowest BCUT2D eigenvalue weighted by molar-refractivity contribution is 0.186. The minimum Gasteiger partial charge on any atom is -0.466 e. The van der Waals surface area contributed by atoms with E-state index in [4.69, 9.17) is 4.42 Å². The Morgan fingerprint density at radius 3 is 2.65 bits per heavy atom. The van der Waals surface area contributed by atoms with Crippen molar-refractivity contribution < 1.29 is 4.42 Å². The van der Waals surface area contributed by atoms with Crippen molar-refractivity contribution in [2.75, 3.05) is 19.6 Å². The molecule has 0 saturated carbocycles. The molecule has 2 heteroatoms. The van der Waals surface area contributed by atoms with E-state index in [9.17, 15) is 0 Å². The maximum absolute atomic E-state index is 5.68. The number of hydrogen-bond acceptors (Lipinski definition) is 2. The molecule has 0 unspecified atom stereocenters. The van der Waals surface area contributed by atoms with Crippen molar-refractivity contribution in [1.82, 2.24) is 4.90 Å². The van der Waals surface area contributed by atoms with Crippen LogP contribution in [0.3, 0.4) is 0 Å². The van der Waals surface area contributed by atoms with Crippen LogP contribution in [0.4, 0.5) is 0 Å². The second kappa shape index (κ2) is 5.72. The van der Waals surface area contributed by atoms with Crippen molar-refractivity contribution in [1.29, 1.82) is 0 Å². The summed E-state index contributed by atoms with van der Waals surface area (Å²) in [5, 5.41) is 0. The molecule has 0 N–H and O–H groups in total. The van der Waals surface area contributed by atoms with Crippen molar-refractivity contribution in [3.05, 3.63) is 23.7 Å². The fourth-order valence-corrected chi connectivity index (χ4v) is 2.52. The van der Waals surface area contributed by atoms with E-state index in [1.165, 1.54) is 38.9 Å². The minimum absolute atomic E-state index is 0.544. The molecule has 0 bridgehead atoms. The van der Waals surface area contributed by atoms with E-state index >= 15 is 0 Å². The van der Waals surface area contributed by atoms with Gasteiger partial charge in [0.2, 0.25) is 0 Å². The van der Waals surface area contributed by atoms with Crippen LogP contribution in [0.15, 0.2) is 16.5 Å². The topological polar surface area (TPSA) is 16.4 Å². The van der Waals surface area contributed by atoms with Crippen LogP contribution < -0.4 is 0 Å². The molecule has 2 nitrogen and oxygen atoms in total. The van der Waals surface area contributed by atoms with Gasteiger partial charge in [-0.15, -0.1) is 0 Å². The van der Waals surface area contributed by atoms with Crippen molar-refractivity contribution in [2.45, 2.75) is 46.0 Å². The SMILES string of the molecule is Cc1ccc([C@H](C)CCN2CCC(C)CC2)o1.